The summed E-state index contributed by atoms with van der Waals surface area (Å²) in [7, 11) is 0. The minimum absolute atomic E-state index is 0.510. The van der Waals surface area contributed by atoms with Gasteiger partial charge in [-0.15, -0.1) is 0 Å². The average molecular weight is 353 g/mol. The molecule has 2 aromatic rings. The minimum Gasteiger partial charge on any atom is -0.348 e. The molecule has 114 valence electrons. The molecule has 0 atom stereocenters. The third kappa shape index (κ3) is 3.81. The van der Waals surface area contributed by atoms with E-state index in [4.69, 9.17) is 35.4 Å². The van der Waals surface area contributed by atoms with Gasteiger partial charge in [-0.1, -0.05) is 41.4 Å². The van der Waals surface area contributed by atoms with Crippen LogP contribution in [0.4, 0.5) is 11.4 Å². The van der Waals surface area contributed by atoms with Crippen molar-refractivity contribution in [1.82, 2.24) is 10.3 Å². The second-order valence-corrected chi connectivity index (χ2v) is 6.20. The van der Waals surface area contributed by atoms with Crippen LogP contribution in [0.5, 0.6) is 0 Å². The zero-order valence-electron chi connectivity index (χ0n) is 11.6. The highest BCUT2D eigenvalue weighted by Gasteiger charge is 2.16. The Morgan fingerprint density at radius 1 is 1.18 bits per heavy atom. The fourth-order valence-electron chi connectivity index (χ4n) is 2.25. The van der Waals surface area contributed by atoms with Crippen molar-refractivity contribution >= 4 is 51.9 Å². The summed E-state index contributed by atoms with van der Waals surface area (Å²) >= 11 is 17.2. The lowest BCUT2D eigenvalue weighted by atomic mass is 10.2. The summed E-state index contributed by atoms with van der Waals surface area (Å²) in [5, 5.41) is 9.89. The Labute approximate surface area is 144 Å². The topological polar surface area (TPSA) is 39.3 Å². The second kappa shape index (κ2) is 6.71. The number of rotatable bonds is 3. The number of nitrogens with one attached hydrogen (secondary N) is 3. The highest BCUT2D eigenvalue weighted by Crippen LogP contribution is 2.24. The van der Waals surface area contributed by atoms with Gasteiger partial charge in [-0.2, -0.15) is 5.01 Å². The number of nitrogens with zero attached hydrogens (tertiary/aromatic N) is 1. The van der Waals surface area contributed by atoms with Gasteiger partial charge in [0.25, 0.3) is 0 Å². The van der Waals surface area contributed by atoms with Crippen LogP contribution >= 0.6 is 35.4 Å². The number of para-hydroxylation sites is 1. The molecule has 3 N–H and O–H groups in total. The third-order valence-corrected chi connectivity index (χ3v) is 3.89. The Hall–Kier alpha value is -1.53. The Morgan fingerprint density at radius 2 is 1.91 bits per heavy atom. The normalized spacial score (nSPS) is 13.4. The van der Waals surface area contributed by atoms with E-state index in [0.717, 1.165) is 17.9 Å². The first-order valence-corrected chi connectivity index (χ1v) is 7.87. The molecule has 0 radical (unpaired) electrons. The second-order valence-electron chi connectivity index (χ2n) is 4.91. The van der Waals surface area contributed by atoms with Gasteiger partial charge in [0.2, 0.25) is 0 Å². The van der Waals surface area contributed by atoms with Crippen molar-refractivity contribution in [1.29, 1.82) is 0 Å². The Morgan fingerprint density at radius 3 is 2.64 bits per heavy atom. The van der Waals surface area contributed by atoms with Crippen molar-refractivity contribution in [3.63, 3.8) is 0 Å². The Bertz CT molecular complexity index is 662. The standard InChI is InChI=1S/C15H14Cl2N4S/c16-11-5-12(17)7-13(6-11)19-15(22)18-9-21-8-10-3-1-2-4-14(10)20-21/h1-7,20H,8-9H2,(H2,18,19,22). The minimum atomic E-state index is 0.510. The maximum Gasteiger partial charge on any atom is 0.171 e. The molecule has 4 nitrogen and oxygen atoms in total. The molecule has 0 bridgehead atoms. The molecule has 0 aromatic heterocycles. The van der Waals surface area contributed by atoms with Crippen LogP contribution in [-0.2, 0) is 6.54 Å². The van der Waals surface area contributed by atoms with E-state index in [-0.39, 0.29) is 0 Å². The summed E-state index contributed by atoms with van der Waals surface area (Å²) in [6, 6.07) is 13.4. The molecule has 0 amide bonds. The van der Waals surface area contributed by atoms with Crippen LogP contribution < -0.4 is 16.1 Å². The van der Waals surface area contributed by atoms with Gasteiger partial charge >= 0.3 is 0 Å². The van der Waals surface area contributed by atoms with Crippen LogP contribution in [-0.4, -0.2) is 16.8 Å². The van der Waals surface area contributed by atoms with Crippen LogP contribution in [0.25, 0.3) is 0 Å². The summed E-state index contributed by atoms with van der Waals surface area (Å²) in [6.07, 6.45) is 0. The van der Waals surface area contributed by atoms with Gasteiger partial charge in [-0.25, -0.2) is 0 Å². The lowest BCUT2D eigenvalue weighted by Crippen LogP contribution is -2.39. The van der Waals surface area contributed by atoms with E-state index in [1.165, 1.54) is 5.56 Å². The fraction of sp³-hybridized carbons (Fsp3) is 0.133. The number of anilines is 2. The largest absolute Gasteiger partial charge is 0.348 e. The number of halogens is 2. The molecule has 0 fully saturated rings. The quantitative estimate of drug-likeness (QED) is 0.726. The maximum atomic E-state index is 5.96. The zero-order valence-corrected chi connectivity index (χ0v) is 13.9. The summed E-state index contributed by atoms with van der Waals surface area (Å²) < 4.78 is 0. The Kier molecular flexibility index (Phi) is 4.69. The average Bonchev–Trinajstić information content (AvgIpc) is 2.87. The summed E-state index contributed by atoms with van der Waals surface area (Å²) in [6.45, 7) is 1.41. The van der Waals surface area contributed by atoms with Gasteiger partial charge in [0.1, 0.15) is 0 Å². The zero-order chi connectivity index (χ0) is 15.5. The van der Waals surface area contributed by atoms with E-state index in [2.05, 4.69) is 28.2 Å². The van der Waals surface area contributed by atoms with Crippen LogP contribution in [0, 0.1) is 0 Å². The molecule has 1 aliphatic rings. The van der Waals surface area contributed by atoms with E-state index in [0.29, 0.717) is 21.8 Å². The molecule has 1 aliphatic heterocycles. The number of hydrogen-bond acceptors (Lipinski definition) is 3. The monoisotopic (exact) mass is 352 g/mol. The summed E-state index contributed by atoms with van der Waals surface area (Å²) in [5.74, 6) is 0. The van der Waals surface area contributed by atoms with E-state index >= 15 is 0 Å². The molecule has 2 aromatic carbocycles. The first-order chi connectivity index (χ1) is 10.6. The first-order valence-electron chi connectivity index (χ1n) is 6.70. The number of hydrogen-bond donors (Lipinski definition) is 3. The van der Waals surface area contributed by atoms with Gasteiger partial charge in [0, 0.05) is 22.3 Å². The van der Waals surface area contributed by atoms with E-state index < -0.39 is 0 Å². The van der Waals surface area contributed by atoms with Crippen molar-refractivity contribution in [2.45, 2.75) is 6.54 Å². The number of fused-ring (bicyclic) bond motifs is 1. The van der Waals surface area contributed by atoms with Crippen molar-refractivity contribution in [3.8, 4) is 0 Å². The molecular formula is C15H14Cl2N4S. The molecule has 0 unspecified atom stereocenters. The van der Waals surface area contributed by atoms with Gasteiger partial charge < -0.3 is 16.1 Å². The third-order valence-electron chi connectivity index (χ3n) is 3.21. The molecule has 3 rings (SSSR count). The molecule has 0 aliphatic carbocycles. The lowest BCUT2D eigenvalue weighted by molar-refractivity contribution is 0.337. The highest BCUT2D eigenvalue weighted by atomic mass is 35.5. The molecule has 0 saturated carbocycles. The van der Waals surface area contributed by atoms with E-state index in [1.54, 1.807) is 18.2 Å². The van der Waals surface area contributed by atoms with Crippen molar-refractivity contribution < 1.29 is 0 Å². The molecule has 7 heteroatoms. The van der Waals surface area contributed by atoms with Crippen molar-refractivity contribution in [2.75, 3.05) is 17.4 Å². The Balaban J connectivity index is 1.51. The van der Waals surface area contributed by atoms with E-state index in [9.17, 15) is 0 Å². The smallest absolute Gasteiger partial charge is 0.171 e. The molecule has 0 spiro atoms. The van der Waals surface area contributed by atoms with Gasteiger partial charge in [0.15, 0.2) is 5.11 Å². The van der Waals surface area contributed by atoms with E-state index in [1.807, 2.05) is 17.1 Å². The molecular weight excluding hydrogens is 339 g/mol. The first kappa shape index (κ1) is 15.4. The molecule has 22 heavy (non-hydrogen) atoms. The maximum absolute atomic E-state index is 5.96. The van der Waals surface area contributed by atoms with Crippen LogP contribution in [0.3, 0.4) is 0 Å². The highest BCUT2D eigenvalue weighted by molar-refractivity contribution is 7.80. The summed E-state index contributed by atoms with van der Waals surface area (Å²) in [5.41, 5.74) is 6.47. The van der Waals surface area contributed by atoms with Gasteiger partial charge in [-0.05, 0) is 42.0 Å². The van der Waals surface area contributed by atoms with Crippen LogP contribution in [0.1, 0.15) is 5.56 Å². The van der Waals surface area contributed by atoms with Crippen LogP contribution in [0.2, 0.25) is 10.0 Å². The predicted molar refractivity (Wildman–Crippen MR) is 96.3 cm³/mol. The van der Waals surface area contributed by atoms with Crippen molar-refractivity contribution in [2.24, 2.45) is 0 Å². The molecule has 1 heterocycles. The van der Waals surface area contributed by atoms with Gasteiger partial charge in [0.05, 0.1) is 12.4 Å². The SMILES string of the molecule is S=C(NCN1Cc2ccccc2N1)Nc1cc(Cl)cc(Cl)c1. The van der Waals surface area contributed by atoms with Crippen LogP contribution in [0.15, 0.2) is 42.5 Å². The van der Waals surface area contributed by atoms with Gasteiger partial charge in [-0.3, -0.25) is 0 Å². The van der Waals surface area contributed by atoms with Crippen molar-refractivity contribution in [3.05, 3.63) is 58.1 Å². The predicted octanol–water partition coefficient (Wildman–Crippen LogP) is 4.08. The number of benzene rings is 2. The summed E-state index contributed by atoms with van der Waals surface area (Å²) in [4.78, 5) is 0. The molecule has 0 saturated heterocycles. The number of hydrazine groups is 1. The fourth-order valence-corrected chi connectivity index (χ4v) is 2.96. The lowest BCUT2D eigenvalue weighted by Gasteiger charge is -2.18. The number of thiocarbonyl (C=S) groups is 1.